The molecule has 0 saturated carbocycles. The first-order valence-electron chi connectivity index (χ1n) is 9.56. The predicted octanol–water partition coefficient (Wildman–Crippen LogP) is 4.30. The SMILES string of the molecule is C=CC(=O)Nc1cc(-c2cnc3[nH]cc(-c4ccnc5[nH]ccc45)c3c2)cc(OC)n1. The molecule has 5 heterocycles. The molecular formula is C23H18N6O2. The van der Waals surface area contributed by atoms with Crippen LogP contribution in [0.25, 0.3) is 44.3 Å². The number of pyridine rings is 3. The molecule has 0 aliphatic rings. The van der Waals surface area contributed by atoms with Gasteiger partial charge in [0.15, 0.2) is 0 Å². The Hall–Kier alpha value is -4.46. The molecule has 5 aromatic rings. The van der Waals surface area contributed by atoms with Crippen molar-refractivity contribution in [3.63, 3.8) is 0 Å². The Kier molecular flexibility index (Phi) is 4.44. The molecule has 0 fully saturated rings. The molecule has 5 aromatic heterocycles. The number of carbonyl (C=O) groups is 1. The second-order valence-corrected chi connectivity index (χ2v) is 6.90. The molecule has 0 radical (unpaired) electrons. The number of aromatic amines is 2. The van der Waals surface area contributed by atoms with E-state index in [4.69, 9.17) is 4.74 Å². The van der Waals surface area contributed by atoms with E-state index in [1.165, 1.54) is 13.2 Å². The maximum atomic E-state index is 11.7. The van der Waals surface area contributed by atoms with Gasteiger partial charge < -0.3 is 20.0 Å². The second kappa shape index (κ2) is 7.42. The lowest BCUT2D eigenvalue weighted by Crippen LogP contribution is -2.09. The molecule has 0 bridgehead atoms. The summed E-state index contributed by atoms with van der Waals surface area (Å²) in [4.78, 5) is 31.3. The highest BCUT2D eigenvalue weighted by atomic mass is 16.5. The molecule has 0 atom stereocenters. The molecule has 3 N–H and O–H groups in total. The largest absolute Gasteiger partial charge is 0.481 e. The van der Waals surface area contributed by atoms with Crippen molar-refractivity contribution in [3.8, 4) is 28.1 Å². The summed E-state index contributed by atoms with van der Waals surface area (Å²) in [5.41, 5.74) is 5.37. The smallest absolute Gasteiger partial charge is 0.248 e. The van der Waals surface area contributed by atoms with Gasteiger partial charge in [-0.15, -0.1) is 0 Å². The number of fused-ring (bicyclic) bond motifs is 2. The van der Waals surface area contributed by atoms with Gasteiger partial charge in [0.05, 0.1) is 7.11 Å². The molecule has 31 heavy (non-hydrogen) atoms. The molecule has 0 spiro atoms. The zero-order valence-electron chi connectivity index (χ0n) is 16.6. The van der Waals surface area contributed by atoms with Gasteiger partial charge in [0.1, 0.15) is 17.1 Å². The van der Waals surface area contributed by atoms with E-state index < -0.39 is 0 Å². The number of anilines is 1. The summed E-state index contributed by atoms with van der Waals surface area (Å²) in [5.74, 6) is 0.410. The van der Waals surface area contributed by atoms with Crippen LogP contribution in [0.3, 0.4) is 0 Å². The van der Waals surface area contributed by atoms with Gasteiger partial charge >= 0.3 is 0 Å². The molecule has 152 valence electrons. The van der Waals surface area contributed by atoms with Crippen LogP contribution in [0.1, 0.15) is 0 Å². The highest BCUT2D eigenvalue weighted by Gasteiger charge is 2.14. The zero-order valence-corrected chi connectivity index (χ0v) is 16.6. The third-order valence-corrected chi connectivity index (χ3v) is 5.06. The fourth-order valence-corrected chi connectivity index (χ4v) is 3.60. The number of ether oxygens (including phenoxy) is 1. The Labute approximate surface area is 177 Å². The average Bonchev–Trinajstić information content (AvgIpc) is 3.45. The third-order valence-electron chi connectivity index (χ3n) is 5.06. The van der Waals surface area contributed by atoms with Gasteiger partial charge in [0.2, 0.25) is 11.8 Å². The van der Waals surface area contributed by atoms with Crippen LogP contribution in [-0.2, 0) is 4.79 Å². The van der Waals surface area contributed by atoms with E-state index in [0.717, 1.165) is 44.3 Å². The molecule has 8 nitrogen and oxygen atoms in total. The number of carbonyl (C=O) groups excluding carboxylic acids is 1. The summed E-state index contributed by atoms with van der Waals surface area (Å²) < 4.78 is 5.31. The van der Waals surface area contributed by atoms with Crippen molar-refractivity contribution in [1.29, 1.82) is 0 Å². The first-order chi connectivity index (χ1) is 15.2. The minimum atomic E-state index is -0.346. The maximum Gasteiger partial charge on any atom is 0.248 e. The second-order valence-electron chi connectivity index (χ2n) is 6.90. The summed E-state index contributed by atoms with van der Waals surface area (Å²) in [6.45, 7) is 3.47. The van der Waals surface area contributed by atoms with Crippen LogP contribution in [0.4, 0.5) is 5.82 Å². The van der Waals surface area contributed by atoms with E-state index in [2.05, 4.69) is 42.9 Å². The van der Waals surface area contributed by atoms with Crippen LogP contribution in [0.2, 0.25) is 0 Å². The van der Waals surface area contributed by atoms with Crippen molar-refractivity contribution in [2.75, 3.05) is 12.4 Å². The zero-order chi connectivity index (χ0) is 21.4. The highest BCUT2D eigenvalue weighted by Crippen LogP contribution is 2.35. The van der Waals surface area contributed by atoms with Crippen LogP contribution < -0.4 is 10.1 Å². The predicted molar refractivity (Wildman–Crippen MR) is 120 cm³/mol. The quantitative estimate of drug-likeness (QED) is 0.374. The fourth-order valence-electron chi connectivity index (χ4n) is 3.60. The molecule has 0 aliphatic carbocycles. The number of nitrogens with zero attached hydrogens (tertiary/aromatic N) is 3. The Morgan fingerprint density at radius 1 is 1.06 bits per heavy atom. The van der Waals surface area contributed by atoms with E-state index >= 15 is 0 Å². The Bertz CT molecular complexity index is 1450. The normalized spacial score (nSPS) is 11.0. The maximum absolute atomic E-state index is 11.7. The van der Waals surface area contributed by atoms with Crippen molar-refractivity contribution in [2.24, 2.45) is 0 Å². The first kappa shape index (κ1) is 18.6. The Morgan fingerprint density at radius 2 is 1.94 bits per heavy atom. The lowest BCUT2D eigenvalue weighted by Gasteiger charge is -2.09. The summed E-state index contributed by atoms with van der Waals surface area (Å²) >= 11 is 0. The number of nitrogens with one attached hydrogen (secondary N) is 3. The van der Waals surface area contributed by atoms with Crippen molar-refractivity contribution < 1.29 is 9.53 Å². The van der Waals surface area contributed by atoms with Gasteiger partial charge in [-0.05, 0) is 41.5 Å². The van der Waals surface area contributed by atoms with Crippen LogP contribution in [-0.4, -0.2) is 37.9 Å². The van der Waals surface area contributed by atoms with E-state index in [1.807, 2.05) is 24.5 Å². The lowest BCUT2D eigenvalue weighted by atomic mass is 10.0. The molecular weight excluding hydrogens is 392 g/mol. The van der Waals surface area contributed by atoms with Crippen molar-refractivity contribution in [2.45, 2.75) is 0 Å². The van der Waals surface area contributed by atoms with Gasteiger partial charge in [0.25, 0.3) is 0 Å². The monoisotopic (exact) mass is 410 g/mol. The molecule has 0 saturated heterocycles. The van der Waals surface area contributed by atoms with E-state index in [9.17, 15) is 4.79 Å². The van der Waals surface area contributed by atoms with Crippen molar-refractivity contribution in [1.82, 2.24) is 24.9 Å². The third kappa shape index (κ3) is 3.29. The van der Waals surface area contributed by atoms with Gasteiger partial charge in [-0.3, -0.25) is 4.79 Å². The molecule has 0 aromatic carbocycles. The van der Waals surface area contributed by atoms with Crippen molar-refractivity contribution in [3.05, 3.63) is 67.8 Å². The summed E-state index contributed by atoms with van der Waals surface area (Å²) in [6.07, 6.45) is 8.58. The number of amides is 1. The summed E-state index contributed by atoms with van der Waals surface area (Å²) in [6, 6.07) is 9.63. The molecule has 8 heteroatoms. The topological polar surface area (TPSA) is 109 Å². The van der Waals surface area contributed by atoms with E-state index in [0.29, 0.717) is 11.7 Å². The van der Waals surface area contributed by atoms with E-state index in [-0.39, 0.29) is 5.91 Å². The van der Waals surface area contributed by atoms with Gasteiger partial charge in [-0.25, -0.2) is 9.97 Å². The number of aromatic nitrogens is 5. The number of hydrogen-bond acceptors (Lipinski definition) is 5. The van der Waals surface area contributed by atoms with Gasteiger partial charge in [0, 0.05) is 52.8 Å². The van der Waals surface area contributed by atoms with Gasteiger partial charge in [-0.2, -0.15) is 4.98 Å². The number of rotatable bonds is 5. The Balaban J connectivity index is 1.65. The van der Waals surface area contributed by atoms with Gasteiger partial charge in [-0.1, -0.05) is 6.58 Å². The van der Waals surface area contributed by atoms with Crippen LogP contribution >= 0.6 is 0 Å². The molecule has 0 aliphatic heterocycles. The van der Waals surface area contributed by atoms with E-state index in [1.54, 1.807) is 24.5 Å². The van der Waals surface area contributed by atoms with Crippen LogP contribution in [0.5, 0.6) is 5.88 Å². The molecule has 5 rings (SSSR count). The molecule has 1 amide bonds. The highest BCUT2D eigenvalue weighted by molar-refractivity contribution is 6.03. The number of hydrogen-bond donors (Lipinski definition) is 3. The summed E-state index contributed by atoms with van der Waals surface area (Å²) in [7, 11) is 1.53. The van der Waals surface area contributed by atoms with Crippen molar-refractivity contribution >= 4 is 33.8 Å². The standard InChI is InChI=1S/C23H18N6O2/c1-3-20(30)28-19-9-13(10-21(29-19)31-2)14-8-17-18(12-27-23(17)26-11-14)15-4-6-24-22-16(15)5-7-25-22/h3-12H,1H2,2H3,(H,24,25)(H,26,27)(H,28,29,30). The minimum Gasteiger partial charge on any atom is -0.481 e. The summed E-state index contributed by atoms with van der Waals surface area (Å²) in [5, 5.41) is 4.68. The van der Waals surface area contributed by atoms with Crippen LogP contribution in [0, 0.1) is 0 Å². The number of H-pyrrole nitrogens is 2. The molecule has 0 unspecified atom stereocenters. The number of methoxy groups -OCH3 is 1. The fraction of sp³-hybridized carbons (Fsp3) is 0.0435. The first-order valence-corrected chi connectivity index (χ1v) is 9.56. The average molecular weight is 410 g/mol. The minimum absolute atomic E-state index is 0.346. The lowest BCUT2D eigenvalue weighted by molar-refractivity contribution is -0.111. The Morgan fingerprint density at radius 3 is 2.77 bits per heavy atom. The van der Waals surface area contributed by atoms with Crippen LogP contribution in [0.15, 0.2) is 67.8 Å².